The molecule has 0 amide bonds. The zero-order valence-corrected chi connectivity index (χ0v) is 34.0. The Bertz CT molecular complexity index is 1080. The molecule has 2 aromatic rings. The van der Waals surface area contributed by atoms with Crippen LogP contribution in [-0.2, 0) is 48.5 Å². The van der Waals surface area contributed by atoms with Crippen molar-refractivity contribution in [1.29, 1.82) is 0 Å². The van der Waals surface area contributed by atoms with Gasteiger partial charge >= 0.3 is 5.97 Å². The molecule has 7 heteroatoms. The SMILES string of the molecule is C.C1CCCC1.C1CCCC1.CC(=O)OCC1CCCC1[P+](C)(C)c1ccccc1.C[P+](C)(c1ccccc1)C1CCCC1C=O.[Fe].[Fe]. The summed E-state index contributed by atoms with van der Waals surface area (Å²) >= 11 is 0. The average Bonchev–Trinajstić information content (AvgIpc) is 3.90. The summed E-state index contributed by atoms with van der Waals surface area (Å²) in [6.07, 6.45) is 23.5. The molecule has 4 aliphatic rings. The molecule has 4 unspecified atom stereocenters. The first-order valence-electron chi connectivity index (χ1n) is 18.0. The Hall–Kier alpha value is -0.521. The van der Waals surface area contributed by atoms with E-state index in [-0.39, 0.29) is 47.5 Å². The molecular formula is C41H68Fe2O3P2+2. The number of carbonyl (C=O) groups excluding carboxylic acids is 2. The van der Waals surface area contributed by atoms with Crippen LogP contribution in [0.4, 0.5) is 0 Å². The molecular weight excluding hydrogens is 714 g/mol. The second kappa shape index (κ2) is 25.4. The molecule has 3 nitrogen and oxygen atoms in total. The third-order valence-corrected chi connectivity index (χ3v) is 18.7. The van der Waals surface area contributed by atoms with E-state index in [2.05, 4.69) is 87.3 Å². The van der Waals surface area contributed by atoms with Crippen molar-refractivity contribution >= 4 is 37.4 Å². The van der Waals surface area contributed by atoms with E-state index in [0.717, 1.165) is 6.42 Å². The van der Waals surface area contributed by atoms with Crippen LogP contribution in [0.3, 0.4) is 0 Å². The van der Waals surface area contributed by atoms with E-state index >= 15 is 0 Å². The van der Waals surface area contributed by atoms with Gasteiger partial charge in [0, 0.05) is 61.5 Å². The van der Waals surface area contributed by atoms with Gasteiger partial charge in [0.1, 0.15) is 6.29 Å². The fourth-order valence-corrected chi connectivity index (χ4v) is 14.8. The van der Waals surface area contributed by atoms with E-state index in [1.54, 1.807) is 0 Å². The van der Waals surface area contributed by atoms with Gasteiger partial charge in [0.2, 0.25) is 0 Å². The maximum Gasteiger partial charge on any atom is 0.302 e. The van der Waals surface area contributed by atoms with E-state index in [4.69, 9.17) is 4.74 Å². The molecule has 4 fully saturated rings. The van der Waals surface area contributed by atoms with Crippen molar-refractivity contribution in [2.45, 2.75) is 128 Å². The first-order valence-corrected chi connectivity index (χ1v) is 23.6. The van der Waals surface area contributed by atoms with E-state index in [1.807, 2.05) is 0 Å². The van der Waals surface area contributed by atoms with Gasteiger partial charge in [-0.15, -0.1) is 0 Å². The van der Waals surface area contributed by atoms with Crippen molar-refractivity contribution < 1.29 is 48.5 Å². The minimum absolute atomic E-state index is 0. The van der Waals surface area contributed by atoms with Gasteiger partial charge in [-0.2, -0.15) is 0 Å². The van der Waals surface area contributed by atoms with Crippen LogP contribution < -0.4 is 10.6 Å². The molecule has 2 aromatic carbocycles. The summed E-state index contributed by atoms with van der Waals surface area (Å²) in [5.74, 6) is 0.706. The zero-order valence-electron chi connectivity index (χ0n) is 30.0. The minimum Gasteiger partial charge on any atom is -0.465 e. The van der Waals surface area contributed by atoms with Gasteiger partial charge in [0.25, 0.3) is 0 Å². The molecule has 0 saturated heterocycles. The summed E-state index contributed by atoms with van der Waals surface area (Å²) in [5.41, 5.74) is 1.32. The summed E-state index contributed by atoms with van der Waals surface area (Å²) in [4.78, 5) is 22.1. The van der Waals surface area contributed by atoms with Crippen molar-refractivity contribution in [3.8, 4) is 0 Å². The van der Waals surface area contributed by atoms with Crippen molar-refractivity contribution in [2.75, 3.05) is 33.3 Å². The third-order valence-electron chi connectivity index (χ3n) is 10.8. The Balaban J connectivity index is 0.000000683. The van der Waals surface area contributed by atoms with Crippen molar-refractivity contribution in [2.24, 2.45) is 11.8 Å². The fourth-order valence-electron chi connectivity index (χ4n) is 7.99. The molecule has 0 heterocycles. The number of hydrogen-bond donors (Lipinski definition) is 0. The monoisotopic (exact) mass is 782 g/mol. The smallest absolute Gasteiger partial charge is 0.302 e. The molecule has 48 heavy (non-hydrogen) atoms. The predicted molar refractivity (Wildman–Crippen MR) is 208 cm³/mol. The van der Waals surface area contributed by atoms with Crippen LogP contribution in [0.1, 0.15) is 117 Å². The first kappa shape index (κ1) is 47.5. The molecule has 0 aromatic heterocycles. The van der Waals surface area contributed by atoms with E-state index in [0.29, 0.717) is 29.8 Å². The molecule has 4 saturated carbocycles. The largest absolute Gasteiger partial charge is 0.465 e. The van der Waals surface area contributed by atoms with Crippen LogP contribution >= 0.6 is 14.5 Å². The molecule has 0 N–H and O–H groups in total. The number of ether oxygens (including phenoxy) is 1. The van der Waals surface area contributed by atoms with E-state index < -0.39 is 14.5 Å². The van der Waals surface area contributed by atoms with Crippen molar-refractivity contribution in [3.05, 3.63) is 60.7 Å². The van der Waals surface area contributed by atoms with Gasteiger partial charge in [0.15, 0.2) is 0 Å². The molecule has 0 bridgehead atoms. The van der Waals surface area contributed by atoms with Crippen LogP contribution in [0.15, 0.2) is 60.7 Å². The van der Waals surface area contributed by atoms with Crippen LogP contribution in [0.25, 0.3) is 0 Å². The molecule has 4 atom stereocenters. The topological polar surface area (TPSA) is 43.4 Å². The van der Waals surface area contributed by atoms with Crippen LogP contribution in [0, 0.1) is 11.8 Å². The Morgan fingerprint density at radius 2 is 1.00 bits per heavy atom. The van der Waals surface area contributed by atoms with Crippen LogP contribution in [-0.4, -0.2) is 56.8 Å². The van der Waals surface area contributed by atoms with E-state index in [1.165, 1.54) is 120 Å². The predicted octanol–water partition coefficient (Wildman–Crippen LogP) is 10.8. The summed E-state index contributed by atoms with van der Waals surface area (Å²) < 4.78 is 5.27. The number of esters is 1. The van der Waals surface area contributed by atoms with Gasteiger partial charge in [-0.1, -0.05) is 108 Å². The minimum atomic E-state index is -1.15. The molecule has 4 aliphatic carbocycles. The van der Waals surface area contributed by atoms with Gasteiger partial charge < -0.3 is 9.53 Å². The van der Waals surface area contributed by atoms with E-state index in [9.17, 15) is 9.59 Å². The number of carbonyl (C=O) groups is 2. The number of benzene rings is 2. The van der Waals surface area contributed by atoms with Crippen molar-refractivity contribution in [1.82, 2.24) is 0 Å². The number of aldehydes is 1. The van der Waals surface area contributed by atoms with Gasteiger partial charge in [-0.05, 0) is 62.8 Å². The van der Waals surface area contributed by atoms with Crippen LogP contribution in [0.2, 0.25) is 0 Å². The summed E-state index contributed by atoms with van der Waals surface area (Å²) in [7, 11) is -2.30. The molecule has 0 spiro atoms. The summed E-state index contributed by atoms with van der Waals surface area (Å²) in [5, 5.41) is 2.96. The molecule has 6 rings (SSSR count). The Morgan fingerprint density at radius 3 is 1.40 bits per heavy atom. The second-order valence-electron chi connectivity index (χ2n) is 14.6. The normalized spacial score (nSPS) is 22.8. The quantitative estimate of drug-likeness (QED) is 0.122. The standard InChI is InChI=1S/C16H24O2P.C14H20OP.2C5H10.CH4.2Fe/c1-13(17)18-12-14-8-7-11-16(14)19(2,3)15-9-5-4-6-10-15;1-16(2,13-8-4-3-5-9-13)14-10-6-7-12(14)11-15;2*1-2-4-5-3-1;;;/h4-6,9-10,14,16H,7-8,11-12H2,1-3H3;3-5,8-9,11-12,14H,6-7,10H2,1-2H3;2*1-5H2;1H4;;/q2*+1;;;;;. The fraction of sp³-hybridized carbons (Fsp3) is 0.659. The number of rotatable bonds is 7. The Labute approximate surface area is 318 Å². The molecule has 274 valence electrons. The maximum absolute atomic E-state index is 11.1. The third kappa shape index (κ3) is 15.4. The van der Waals surface area contributed by atoms with Gasteiger partial charge in [-0.25, -0.2) is 0 Å². The molecule has 0 radical (unpaired) electrons. The Morgan fingerprint density at radius 1 is 0.625 bits per heavy atom. The maximum atomic E-state index is 11.1. The van der Waals surface area contributed by atoms with Crippen molar-refractivity contribution in [3.63, 3.8) is 0 Å². The second-order valence-corrected chi connectivity index (χ2v) is 23.2. The average molecular weight is 783 g/mol. The van der Waals surface area contributed by atoms with Gasteiger partial charge in [-0.3, -0.25) is 4.79 Å². The summed E-state index contributed by atoms with van der Waals surface area (Å²) in [6.45, 7) is 11.7. The first-order chi connectivity index (χ1) is 21.7. The van der Waals surface area contributed by atoms with Gasteiger partial charge in [0.05, 0.1) is 61.1 Å². The summed E-state index contributed by atoms with van der Waals surface area (Å²) in [6, 6.07) is 21.6. The molecule has 0 aliphatic heterocycles. The zero-order chi connectivity index (χ0) is 32.5. The Kier molecular flexibility index (Phi) is 25.2. The number of hydrogen-bond acceptors (Lipinski definition) is 3. The van der Waals surface area contributed by atoms with Crippen LogP contribution in [0.5, 0.6) is 0 Å².